The Morgan fingerprint density at radius 3 is 2.30 bits per heavy atom. The van der Waals surface area contributed by atoms with E-state index in [0.29, 0.717) is 6.04 Å². The van der Waals surface area contributed by atoms with Crippen LogP contribution in [0.4, 0.5) is 5.69 Å². The van der Waals surface area contributed by atoms with E-state index in [1.165, 1.54) is 48.5 Å². The van der Waals surface area contributed by atoms with Gasteiger partial charge in [0.15, 0.2) is 0 Å². The second-order valence-electron chi connectivity index (χ2n) is 4.33. The van der Waals surface area contributed by atoms with Crippen LogP contribution in [0, 0.1) is 0 Å². The predicted molar refractivity (Wildman–Crippen MR) is 75.6 cm³/mol. The Balaban J connectivity index is 0.00000120. The molecular formula is C14H11Cl3INZr. The van der Waals surface area contributed by atoms with Crippen molar-refractivity contribution in [1.82, 2.24) is 0 Å². The SMILES string of the molecule is CC1=CC2C(=C1)[C]([Zr+3])=C(I)N2c1ccccc1.[Cl-].[Cl-].[Cl-]. The van der Waals surface area contributed by atoms with E-state index in [0.717, 1.165) is 0 Å². The smallest absolute Gasteiger partial charge is 1.00 e. The zero-order valence-corrected chi connectivity index (χ0v) is 17.5. The van der Waals surface area contributed by atoms with Crippen LogP contribution in [0.3, 0.4) is 0 Å². The Morgan fingerprint density at radius 2 is 1.70 bits per heavy atom. The average Bonchev–Trinajstić information content (AvgIpc) is 2.80. The van der Waals surface area contributed by atoms with Crippen LogP contribution in [0.1, 0.15) is 6.92 Å². The number of halogens is 4. The molecule has 0 amide bonds. The van der Waals surface area contributed by atoms with E-state index in [9.17, 15) is 0 Å². The third-order valence-electron chi connectivity index (χ3n) is 3.14. The average molecular weight is 518 g/mol. The molecule has 1 aliphatic heterocycles. The molecule has 0 spiro atoms. The summed E-state index contributed by atoms with van der Waals surface area (Å²) in [5.74, 6) is 0. The summed E-state index contributed by atoms with van der Waals surface area (Å²) in [5, 5.41) is 0. The number of rotatable bonds is 1. The molecule has 1 aromatic rings. The van der Waals surface area contributed by atoms with Crippen molar-refractivity contribution in [3.63, 3.8) is 0 Å². The maximum Gasteiger partial charge on any atom is -1.00 e. The minimum atomic E-state index is 0. The Bertz CT molecular complexity index is 569. The molecule has 1 nitrogen and oxygen atoms in total. The number of allylic oxidation sites excluding steroid dienone is 2. The van der Waals surface area contributed by atoms with Gasteiger partial charge < -0.3 is 37.2 Å². The molecule has 0 bridgehead atoms. The summed E-state index contributed by atoms with van der Waals surface area (Å²) in [6.45, 7) is 2.19. The predicted octanol–water partition coefficient (Wildman–Crippen LogP) is -5.08. The van der Waals surface area contributed by atoms with E-state index >= 15 is 0 Å². The van der Waals surface area contributed by atoms with E-state index in [1.54, 1.807) is 0 Å². The van der Waals surface area contributed by atoms with Crippen LogP contribution in [0.2, 0.25) is 0 Å². The summed E-state index contributed by atoms with van der Waals surface area (Å²) in [6.07, 6.45) is 4.69. The van der Waals surface area contributed by atoms with Crippen LogP contribution in [-0.4, -0.2) is 6.04 Å². The Hall–Kier alpha value is 0.723. The topological polar surface area (TPSA) is 3.24 Å². The van der Waals surface area contributed by atoms with E-state index in [2.05, 4.69) is 76.9 Å². The minimum Gasteiger partial charge on any atom is -1.00 e. The minimum absolute atomic E-state index is 0. The molecule has 0 aromatic heterocycles. The van der Waals surface area contributed by atoms with Crippen molar-refractivity contribution in [2.45, 2.75) is 13.0 Å². The maximum atomic E-state index is 2.48. The molecule has 20 heavy (non-hydrogen) atoms. The standard InChI is InChI=1S/C14H11IN.3ClH.Zr/c1-10-7-11-9-14(15)16(13(11)8-10)12-5-3-2-4-6-12;;;;/h2-8,13H,1H3;3*1H;/q;;;;+3/p-3. The molecule has 0 radical (unpaired) electrons. The first-order valence-electron chi connectivity index (χ1n) is 5.54. The summed E-state index contributed by atoms with van der Waals surface area (Å²) < 4.78 is 2.88. The van der Waals surface area contributed by atoms with E-state index in [-0.39, 0.29) is 37.2 Å². The fraction of sp³-hybridized carbons (Fsp3) is 0.143. The summed E-state index contributed by atoms with van der Waals surface area (Å²) in [6, 6.07) is 11.1. The number of hydrogen-bond acceptors (Lipinski definition) is 1. The van der Waals surface area contributed by atoms with Crippen LogP contribution in [0.15, 0.2) is 60.6 Å². The molecule has 2 aliphatic rings. The number of nitrogens with zero attached hydrogens (tertiary/aromatic N) is 1. The second-order valence-corrected chi connectivity index (χ2v) is 6.58. The number of fused-ring (bicyclic) bond motifs is 1. The molecule has 0 saturated carbocycles. The Labute approximate surface area is 167 Å². The first kappa shape index (κ1) is 20.7. The molecule has 1 aliphatic carbocycles. The van der Waals surface area contributed by atoms with Crippen molar-refractivity contribution < 1.29 is 61.9 Å². The number of benzene rings is 1. The summed E-state index contributed by atoms with van der Waals surface area (Å²) >= 11 is 3.98. The first-order chi connectivity index (χ1) is 8.18. The van der Waals surface area contributed by atoms with Gasteiger partial charge in [0, 0.05) is 0 Å². The third-order valence-corrected chi connectivity index (χ3v) is 6.74. The van der Waals surface area contributed by atoms with Gasteiger partial charge >= 0.3 is 131 Å². The largest absolute Gasteiger partial charge is 1.00 e. The normalized spacial score (nSPS) is 19.4. The first-order valence-corrected chi connectivity index (χ1v) is 7.85. The molecule has 3 rings (SSSR count). The quantitative estimate of drug-likeness (QED) is 0.266. The molecule has 1 atom stereocenters. The van der Waals surface area contributed by atoms with Gasteiger partial charge in [0.2, 0.25) is 0 Å². The summed E-state index contributed by atoms with van der Waals surface area (Å²) in [7, 11) is 0. The molecule has 0 saturated heterocycles. The van der Waals surface area contributed by atoms with Gasteiger partial charge in [-0.2, -0.15) is 0 Å². The van der Waals surface area contributed by atoms with Crippen molar-refractivity contribution in [1.29, 1.82) is 0 Å². The number of para-hydroxylation sites is 1. The van der Waals surface area contributed by atoms with Crippen LogP contribution in [0.25, 0.3) is 0 Å². The second kappa shape index (κ2) is 8.38. The van der Waals surface area contributed by atoms with Crippen LogP contribution in [0.5, 0.6) is 0 Å². The van der Waals surface area contributed by atoms with Crippen LogP contribution >= 0.6 is 22.6 Å². The van der Waals surface area contributed by atoms with Crippen molar-refractivity contribution in [2.75, 3.05) is 4.90 Å². The van der Waals surface area contributed by atoms with Crippen molar-refractivity contribution >= 4 is 28.3 Å². The fourth-order valence-corrected chi connectivity index (χ4v) is 4.10. The molecule has 6 heteroatoms. The van der Waals surface area contributed by atoms with Gasteiger partial charge in [-0.15, -0.1) is 0 Å². The number of anilines is 1. The van der Waals surface area contributed by atoms with Gasteiger partial charge in [0.05, 0.1) is 0 Å². The van der Waals surface area contributed by atoms with Crippen molar-refractivity contribution in [2.24, 2.45) is 0 Å². The molecule has 104 valence electrons. The van der Waals surface area contributed by atoms with Gasteiger partial charge in [-0.3, -0.25) is 0 Å². The monoisotopic (exact) mass is 515 g/mol. The van der Waals surface area contributed by atoms with E-state index in [1.807, 2.05) is 0 Å². The van der Waals surface area contributed by atoms with Crippen LogP contribution < -0.4 is 42.1 Å². The molecule has 1 heterocycles. The zero-order chi connectivity index (χ0) is 12.0. The summed E-state index contributed by atoms with van der Waals surface area (Å²) in [4.78, 5) is 2.44. The molecule has 1 unspecified atom stereocenters. The maximum absolute atomic E-state index is 2.48. The molecule has 1 aromatic carbocycles. The van der Waals surface area contributed by atoms with E-state index in [4.69, 9.17) is 0 Å². The van der Waals surface area contributed by atoms with Crippen molar-refractivity contribution in [3.05, 3.63) is 60.6 Å². The molecule has 0 fully saturated rings. The van der Waals surface area contributed by atoms with Crippen molar-refractivity contribution in [3.8, 4) is 0 Å². The molecule has 0 N–H and O–H groups in total. The van der Waals surface area contributed by atoms with Gasteiger partial charge in [-0.25, -0.2) is 0 Å². The van der Waals surface area contributed by atoms with Crippen LogP contribution in [-0.2, 0) is 24.7 Å². The Kier molecular flexibility index (Phi) is 8.68. The third kappa shape index (κ3) is 3.55. The van der Waals surface area contributed by atoms with Gasteiger partial charge in [-0.1, -0.05) is 0 Å². The summed E-state index contributed by atoms with van der Waals surface area (Å²) in [5.41, 5.74) is 4.17. The fourth-order valence-electron chi connectivity index (χ4n) is 2.38. The number of hydrogen-bond donors (Lipinski definition) is 0. The van der Waals surface area contributed by atoms with E-state index < -0.39 is 0 Å². The molecular weight excluding hydrogens is 507 g/mol. The van der Waals surface area contributed by atoms with Gasteiger partial charge in [-0.05, 0) is 0 Å². The Morgan fingerprint density at radius 1 is 1.10 bits per heavy atom. The van der Waals surface area contributed by atoms with Gasteiger partial charge in [0.1, 0.15) is 0 Å². The van der Waals surface area contributed by atoms with Gasteiger partial charge in [0.25, 0.3) is 0 Å². The zero-order valence-electron chi connectivity index (χ0n) is 10.6.